The highest BCUT2D eigenvalue weighted by Gasteiger charge is 2.15. The van der Waals surface area contributed by atoms with Gasteiger partial charge in [-0.15, -0.1) is 0 Å². The smallest absolute Gasteiger partial charge is 0.163 e. The predicted molar refractivity (Wildman–Crippen MR) is 76.2 cm³/mol. The van der Waals surface area contributed by atoms with E-state index in [0.29, 0.717) is 47.5 Å². The topological polar surface area (TPSA) is 30.5 Å². The van der Waals surface area contributed by atoms with Gasteiger partial charge in [-0.3, -0.25) is 0 Å². The quantitative estimate of drug-likeness (QED) is 0.932. The number of rotatable bonds is 3. The Bertz CT molecular complexity index is 633. The van der Waals surface area contributed by atoms with E-state index >= 15 is 0 Å². The number of anilines is 1. The molecular formula is C15H13ClFNO2. The van der Waals surface area contributed by atoms with Crippen molar-refractivity contribution in [2.75, 3.05) is 18.5 Å². The van der Waals surface area contributed by atoms with Crippen LogP contribution in [0.1, 0.15) is 5.56 Å². The summed E-state index contributed by atoms with van der Waals surface area (Å²) in [6, 6.07) is 10.1. The zero-order chi connectivity index (χ0) is 13.9. The summed E-state index contributed by atoms with van der Waals surface area (Å²) in [6.07, 6.45) is 0. The van der Waals surface area contributed by atoms with Crippen LogP contribution in [-0.2, 0) is 6.54 Å². The molecule has 1 heterocycles. The first-order chi connectivity index (χ1) is 9.74. The van der Waals surface area contributed by atoms with Crippen LogP contribution in [0.25, 0.3) is 0 Å². The third-order valence-electron chi connectivity index (χ3n) is 3.06. The monoisotopic (exact) mass is 293 g/mol. The lowest BCUT2D eigenvalue weighted by Gasteiger charge is -2.20. The summed E-state index contributed by atoms with van der Waals surface area (Å²) < 4.78 is 24.5. The largest absolute Gasteiger partial charge is 0.486 e. The Morgan fingerprint density at radius 3 is 2.55 bits per heavy atom. The van der Waals surface area contributed by atoms with Gasteiger partial charge in [-0.2, -0.15) is 0 Å². The highest BCUT2D eigenvalue weighted by Crippen LogP contribution is 2.38. The molecule has 3 rings (SSSR count). The van der Waals surface area contributed by atoms with Gasteiger partial charge in [-0.25, -0.2) is 4.39 Å². The number of halogens is 2. The van der Waals surface area contributed by atoms with Gasteiger partial charge in [0, 0.05) is 24.2 Å². The number of benzene rings is 2. The molecule has 3 nitrogen and oxygen atoms in total. The summed E-state index contributed by atoms with van der Waals surface area (Å²) in [5.74, 6) is 1.04. The normalized spacial score (nSPS) is 13.1. The van der Waals surface area contributed by atoms with Crippen LogP contribution < -0.4 is 14.8 Å². The van der Waals surface area contributed by atoms with Gasteiger partial charge in [0.1, 0.15) is 19.0 Å². The fourth-order valence-electron chi connectivity index (χ4n) is 2.03. The minimum absolute atomic E-state index is 0.242. The molecule has 0 fully saturated rings. The molecule has 104 valence electrons. The average molecular weight is 294 g/mol. The van der Waals surface area contributed by atoms with E-state index in [0.717, 1.165) is 0 Å². The Kier molecular flexibility index (Phi) is 3.65. The van der Waals surface area contributed by atoms with Crippen molar-refractivity contribution in [2.24, 2.45) is 0 Å². The molecule has 2 aromatic rings. The van der Waals surface area contributed by atoms with Crippen LogP contribution in [0.15, 0.2) is 36.4 Å². The number of ether oxygens (including phenoxy) is 2. The maximum Gasteiger partial charge on any atom is 0.163 e. The van der Waals surface area contributed by atoms with E-state index in [2.05, 4.69) is 5.32 Å². The number of hydrogen-bond donors (Lipinski definition) is 1. The molecule has 0 aliphatic carbocycles. The Morgan fingerprint density at radius 2 is 1.80 bits per heavy atom. The third kappa shape index (κ3) is 2.65. The van der Waals surface area contributed by atoms with Gasteiger partial charge < -0.3 is 14.8 Å². The molecule has 0 atom stereocenters. The van der Waals surface area contributed by atoms with Gasteiger partial charge in [0.15, 0.2) is 11.5 Å². The van der Waals surface area contributed by atoms with Crippen molar-refractivity contribution in [1.29, 1.82) is 0 Å². The molecule has 0 saturated heterocycles. The molecule has 0 aromatic heterocycles. The molecule has 0 spiro atoms. The third-order valence-corrected chi connectivity index (χ3v) is 3.37. The SMILES string of the molecule is Fc1ccccc1CNc1cc2c(cc1Cl)OCCO2. The second-order valence-electron chi connectivity index (χ2n) is 4.42. The van der Waals surface area contributed by atoms with Gasteiger partial charge in [-0.05, 0) is 6.07 Å². The van der Waals surface area contributed by atoms with Crippen LogP contribution in [0, 0.1) is 5.82 Å². The lowest BCUT2D eigenvalue weighted by Crippen LogP contribution is -2.15. The van der Waals surface area contributed by atoms with Crippen molar-refractivity contribution in [2.45, 2.75) is 6.54 Å². The summed E-state index contributed by atoms with van der Waals surface area (Å²) in [6.45, 7) is 1.39. The Balaban J connectivity index is 1.79. The van der Waals surface area contributed by atoms with Gasteiger partial charge in [-0.1, -0.05) is 29.8 Å². The lowest BCUT2D eigenvalue weighted by molar-refractivity contribution is 0.171. The van der Waals surface area contributed by atoms with Crippen LogP contribution in [0.3, 0.4) is 0 Å². The van der Waals surface area contributed by atoms with Crippen molar-refractivity contribution in [1.82, 2.24) is 0 Å². The lowest BCUT2D eigenvalue weighted by atomic mass is 10.2. The standard InChI is InChI=1S/C15H13ClFNO2/c16-11-7-14-15(20-6-5-19-14)8-13(11)18-9-10-3-1-2-4-12(10)17/h1-4,7-8,18H,5-6,9H2. The van der Waals surface area contributed by atoms with E-state index in [-0.39, 0.29) is 5.82 Å². The first kappa shape index (κ1) is 13.1. The Labute approximate surface area is 121 Å². The average Bonchev–Trinajstić information content (AvgIpc) is 2.46. The first-order valence-electron chi connectivity index (χ1n) is 6.30. The van der Waals surface area contributed by atoms with Crippen molar-refractivity contribution in [3.05, 3.63) is 52.8 Å². The van der Waals surface area contributed by atoms with E-state index in [1.54, 1.807) is 30.3 Å². The van der Waals surface area contributed by atoms with Crippen LogP contribution >= 0.6 is 11.6 Å². The highest BCUT2D eigenvalue weighted by atomic mass is 35.5. The maximum absolute atomic E-state index is 13.5. The summed E-state index contributed by atoms with van der Waals surface area (Å²) >= 11 is 6.18. The molecular weight excluding hydrogens is 281 g/mol. The highest BCUT2D eigenvalue weighted by molar-refractivity contribution is 6.33. The summed E-state index contributed by atoms with van der Waals surface area (Å²) in [5.41, 5.74) is 1.28. The molecule has 2 aromatic carbocycles. The molecule has 1 aliphatic rings. The molecule has 20 heavy (non-hydrogen) atoms. The second kappa shape index (κ2) is 5.59. The molecule has 0 saturated carbocycles. The molecule has 5 heteroatoms. The number of nitrogens with one attached hydrogen (secondary N) is 1. The maximum atomic E-state index is 13.5. The van der Waals surface area contributed by atoms with Crippen LogP contribution in [0.4, 0.5) is 10.1 Å². The van der Waals surface area contributed by atoms with E-state index in [4.69, 9.17) is 21.1 Å². The van der Waals surface area contributed by atoms with Crippen molar-refractivity contribution < 1.29 is 13.9 Å². The van der Waals surface area contributed by atoms with Crippen LogP contribution in [-0.4, -0.2) is 13.2 Å². The summed E-state index contributed by atoms with van der Waals surface area (Å²) in [4.78, 5) is 0. The molecule has 0 radical (unpaired) electrons. The molecule has 1 N–H and O–H groups in total. The minimum atomic E-state index is -0.242. The summed E-state index contributed by atoms with van der Waals surface area (Å²) in [7, 11) is 0. The van der Waals surface area contributed by atoms with Gasteiger partial charge >= 0.3 is 0 Å². The zero-order valence-electron chi connectivity index (χ0n) is 10.7. The second-order valence-corrected chi connectivity index (χ2v) is 4.83. The van der Waals surface area contributed by atoms with Crippen LogP contribution in [0.2, 0.25) is 5.02 Å². The molecule has 0 amide bonds. The fourth-order valence-corrected chi connectivity index (χ4v) is 2.25. The fraction of sp³-hybridized carbons (Fsp3) is 0.200. The van der Waals surface area contributed by atoms with Crippen molar-refractivity contribution >= 4 is 17.3 Å². The molecule has 1 aliphatic heterocycles. The van der Waals surface area contributed by atoms with E-state index in [1.807, 2.05) is 0 Å². The first-order valence-corrected chi connectivity index (χ1v) is 6.68. The number of hydrogen-bond acceptors (Lipinski definition) is 3. The van der Waals surface area contributed by atoms with Gasteiger partial charge in [0.2, 0.25) is 0 Å². The number of fused-ring (bicyclic) bond motifs is 1. The van der Waals surface area contributed by atoms with E-state index in [9.17, 15) is 4.39 Å². The van der Waals surface area contributed by atoms with Crippen LogP contribution in [0.5, 0.6) is 11.5 Å². The molecule has 0 unspecified atom stereocenters. The van der Waals surface area contributed by atoms with Crippen molar-refractivity contribution in [3.8, 4) is 11.5 Å². The summed E-state index contributed by atoms with van der Waals surface area (Å²) in [5, 5.41) is 3.63. The van der Waals surface area contributed by atoms with E-state index in [1.165, 1.54) is 6.07 Å². The predicted octanol–water partition coefficient (Wildman–Crippen LogP) is 3.86. The Morgan fingerprint density at radius 1 is 1.10 bits per heavy atom. The zero-order valence-corrected chi connectivity index (χ0v) is 11.4. The van der Waals surface area contributed by atoms with Gasteiger partial charge in [0.05, 0.1) is 10.7 Å². The van der Waals surface area contributed by atoms with E-state index < -0.39 is 0 Å². The van der Waals surface area contributed by atoms with Crippen molar-refractivity contribution in [3.63, 3.8) is 0 Å². The van der Waals surface area contributed by atoms with Gasteiger partial charge in [0.25, 0.3) is 0 Å². The Hall–Kier alpha value is -1.94. The minimum Gasteiger partial charge on any atom is -0.486 e. The molecule has 0 bridgehead atoms.